The lowest BCUT2D eigenvalue weighted by molar-refractivity contribution is 0.994. The zero-order valence-electron chi connectivity index (χ0n) is 7.86. The summed E-state index contributed by atoms with van der Waals surface area (Å²) in [6.45, 7) is 2.70. The molecule has 0 atom stereocenters. The summed E-state index contributed by atoms with van der Waals surface area (Å²) in [6, 6.07) is 3.72. The van der Waals surface area contributed by atoms with Gasteiger partial charge in [0.2, 0.25) is 0 Å². The molecule has 0 fully saturated rings. The van der Waals surface area contributed by atoms with Crippen LogP contribution < -0.4 is 5.32 Å². The standard InChI is InChI=1S/C9H11N5/c1-7-8(6-12-13-7)5-10-9-3-2-4-11-14-9/h2-4,6H,5H2,1H3,(H,10,14)(H,12,13). The Morgan fingerprint density at radius 3 is 3.07 bits per heavy atom. The number of H-pyrrole nitrogens is 1. The number of nitrogens with zero attached hydrogens (tertiary/aromatic N) is 3. The van der Waals surface area contributed by atoms with E-state index < -0.39 is 0 Å². The lowest BCUT2D eigenvalue weighted by Gasteiger charge is -2.02. The van der Waals surface area contributed by atoms with Crippen LogP contribution in [0.1, 0.15) is 11.3 Å². The van der Waals surface area contributed by atoms with Crippen LogP contribution in [0.2, 0.25) is 0 Å². The highest BCUT2D eigenvalue weighted by Gasteiger charge is 1.99. The largest absolute Gasteiger partial charge is 0.364 e. The first-order valence-electron chi connectivity index (χ1n) is 4.36. The zero-order chi connectivity index (χ0) is 9.80. The predicted molar refractivity (Wildman–Crippen MR) is 52.7 cm³/mol. The van der Waals surface area contributed by atoms with Gasteiger partial charge in [0.1, 0.15) is 5.82 Å². The van der Waals surface area contributed by atoms with Gasteiger partial charge in [-0.25, -0.2) is 0 Å². The smallest absolute Gasteiger partial charge is 0.148 e. The van der Waals surface area contributed by atoms with Crippen LogP contribution in [-0.2, 0) is 6.54 Å². The summed E-state index contributed by atoms with van der Waals surface area (Å²) in [7, 11) is 0. The molecule has 0 aliphatic heterocycles. The second-order valence-corrected chi connectivity index (χ2v) is 2.98. The molecule has 5 heteroatoms. The van der Waals surface area contributed by atoms with Gasteiger partial charge in [0.25, 0.3) is 0 Å². The average Bonchev–Trinajstić information content (AvgIpc) is 2.63. The van der Waals surface area contributed by atoms with Crippen molar-refractivity contribution in [2.24, 2.45) is 0 Å². The third-order valence-electron chi connectivity index (χ3n) is 1.97. The molecule has 0 unspecified atom stereocenters. The predicted octanol–water partition coefficient (Wildman–Crippen LogP) is 1.12. The van der Waals surface area contributed by atoms with Crippen molar-refractivity contribution in [3.05, 3.63) is 35.8 Å². The van der Waals surface area contributed by atoms with E-state index in [1.54, 1.807) is 12.4 Å². The van der Waals surface area contributed by atoms with Gasteiger partial charge < -0.3 is 5.32 Å². The van der Waals surface area contributed by atoms with Crippen LogP contribution >= 0.6 is 0 Å². The molecule has 5 nitrogen and oxygen atoms in total. The maximum absolute atomic E-state index is 3.93. The summed E-state index contributed by atoms with van der Waals surface area (Å²) >= 11 is 0. The van der Waals surface area contributed by atoms with Crippen molar-refractivity contribution in [2.75, 3.05) is 5.32 Å². The SMILES string of the molecule is Cc1[nH]ncc1CNc1cccnn1. The summed E-state index contributed by atoms with van der Waals surface area (Å²) in [6.07, 6.45) is 3.45. The number of nitrogens with one attached hydrogen (secondary N) is 2. The first-order chi connectivity index (χ1) is 6.86. The van der Waals surface area contributed by atoms with Gasteiger partial charge >= 0.3 is 0 Å². The van der Waals surface area contributed by atoms with Crippen LogP contribution in [0.15, 0.2) is 24.5 Å². The molecular weight excluding hydrogens is 178 g/mol. The van der Waals surface area contributed by atoms with Gasteiger partial charge in [-0.2, -0.15) is 10.2 Å². The average molecular weight is 189 g/mol. The Balaban J connectivity index is 1.99. The van der Waals surface area contributed by atoms with Crippen LogP contribution in [0, 0.1) is 6.92 Å². The van der Waals surface area contributed by atoms with Gasteiger partial charge in [-0.05, 0) is 19.1 Å². The molecule has 0 amide bonds. The van der Waals surface area contributed by atoms with Crippen LogP contribution in [-0.4, -0.2) is 20.4 Å². The Morgan fingerprint density at radius 1 is 1.50 bits per heavy atom. The molecule has 2 rings (SSSR count). The van der Waals surface area contributed by atoms with Crippen LogP contribution in [0.3, 0.4) is 0 Å². The first-order valence-corrected chi connectivity index (χ1v) is 4.36. The summed E-state index contributed by atoms with van der Waals surface area (Å²) in [5.41, 5.74) is 2.21. The number of rotatable bonds is 3. The molecule has 72 valence electrons. The molecule has 2 heterocycles. The van der Waals surface area contributed by atoms with Crippen molar-refractivity contribution in [2.45, 2.75) is 13.5 Å². The number of hydrogen-bond donors (Lipinski definition) is 2. The van der Waals surface area contributed by atoms with E-state index in [9.17, 15) is 0 Å². The molecule has 0 aromatic carbocycles. The number of aromatic nitrogens is 4. The van der Waals surface area contributed by atoms with Crippen molar-refractivity contribution in [3.63, 3.8) is 0 Å². The van der Waals surface area contributed by atoms with E-state index in [4.69, 9.17) is 0 Å². The van der Waals surface area contributed by atoms with Crippen molar-refractivity contribution < 1.29 is 0 Å². The molecule has 2 aromatic rings. The number of aromatic amines is 1. The van der Waals surface area contributed by atoms with E-state index in [0.717, 1.165) is 17.1 Å². The third kappa shape index (κ3) is 1.87. The second kappa shape index (κ2) is 3.87. The van der Waals surface area contributed by atoms with Crippen molar-refractivity contribution in [1.82, 2.24) is 20.4 Å². The molecule has 0 radical (unpaired) electrons. The molecule has 2 aromatic heterocycles. The highest BCUT2D eigenvalue weighted by atomic mass is 15.2. The van der Waals surface area contributed by atoms with Crippen LogP contribution in [0.25, 0.3) is 0 Å². The minimum Gasteiger partial charge on any atom is -0.364 e. The monoisotopic (exact) mass is 189 g/mol. The van der Waals surface area contributed by atoms with E-state index in [-0.39, 0.29) is 0 Å². The van der Waals surface area contributed by atoms with Crippen molar-refractivity contribution in [3.8, 4) is 0 Å². The van der Waals surface area contributed by atoms with Gasteiger partial charge in [0.05, 0.1) is 6.20 Å². The molecular formula is C9H11N5. The third-order valence-corrected chi connectivity index (χ3v) is 1.97. The Labute approximate surface area is 81.6 Å². The molecule has 0 saturated heterocycles. The fraction of sp³-hybridized carbons (Fsp3) is 0.222. The Hall–Kier alpha value is -1.91. The normalized spacial score (nSPS) is 10.1. The van der Waals surface area contributed by atoms with Crippen molar-refractivity contribution in [1.29, 1.82) is 0 Å². The maximum Gasteiger partial charge on any atom is 0.148 e. The van der Waals surface area contributed by atoms with Gasteiger partial charge in [0.15, 0.2) is 0 Å². The van der Waals surface area contributed by atoms with E-state index in [2.05, 4.69) is 25.7 Å². The van der Waals surface area contributed by atoms with Crippen molar-refractivity contribution >= 4 is 5.82 Å². The summed E-state index contributed by atoms with van der Waals surface area (Å²) < 4.78 is 0. The fourth-order valence-corrected chi connectivity index (χ4v) is 1.14. The molecule has 0 saturated carbocycles. The summed E-state index contributed by atoms with van der Waals surface area (Å²) in [4.78, 5) is 0. The summed E-state index contributed by atoms with van der Waals surface area (Å²) in [5.74, 6) is 0.771. The molecule has 0 bridgehead atoms. The van der Waals surface area contributed by atoms with Gasteiger partial charge in [0, 0.05) is 24.0 Å². The lowest BCUT2D eigenvalue weighted by atomic mass is 10.2. The lowest BCUT2D eigenvalue weighted by Crippen LogP contribution is -2.01. The second-order valence-electron chi connectivity index (χ2n) is 2.98. The zero-order valence-corrected chi connectivity index (χ0v) is 7.86. The number of anilines is 1. The topological polar surface area (TPSA) is 66.5 Å². The van der Waals surface area contributed by atoms with Crippen LogP contribution in [0.5, 0.6) is 0 Å². The summed E-state index contributed by atoms with van der Waals surface area (Å²) in [5, 5.41) is 17.7. The van der Waals surface area contributed by atoms with Crippen LogP contribution in [0.4, 0.5) is 5.82 Å². The molecule has 14 heavy (non-hydrogen) atoms. The minimum absolute atomic E-state index is 0.709. The number of aryl methyl sites for hydroxylation is 1. The van der Waals surface area contributed by atoms with Gasteiger partial charge in [-0.1, -0.05) is 0 Å². The minimum atomic E-state index is 0.709. The van der Waals surface area contributed by atoms with E-state index >= 15 is 0 Å². The highest BCUT2D eigenvalue weighted by molar-refractivity contribution is 5.33. The molecule has 0 aliphatic rings. The molecule has 0 spiro atoms. The molecule has 2 N–H and O–H groups in total. The maximum atomic E-state index is 3.93. The van der Waals surface area contributed by atoms with E-state index in [1.807, 2.05) is 19.1 Å². The van der Waals surface area contributed by atoms with E-state index in [0.29, 0.717) is 6.54 Å². The Morgan fingerprint density at radius 2 is 2.43 bits per heavy atom. The van der Waals surface area contributed by atoms with Gasteiger partial charge in [-0.3, -0.25) is 5.10 Å². The van der Waals surface area contributed by atoms with E-state index in [1.165, 1.54) is 0 Å². The fourth-order valence-electron chi connectivity index (χ4n) is 1.14. The Bertz CT molecular complexity index is 395. The molecule has 0 aliphatic carbocycles. The van der Waals surface area contributed by atoms with Gasteiger partial charge in [-0.15, -0.1) is 5.10 Å². The quantitative estimate of drug-likeness (QED) is 0.759. The first kappa shape index (κ1) is 8.68. The Kier molecular flexibility index (Phi) is 2.40. The highest BCUT2D eigenvalue weighted by Crippen LogP contribution is 2.05. The number of hydrogen-bond acceptors (Lipinski definition) is 4.